The molecule has 0 radical (unpaired) electrons. The maximum atomic E-state index is 13.3. The van der Waals surface area contributed by atoms with Gasteiger partial charge in [0.05, 0.1) is 27.7 Å². The van der Waals surface area contributed by atoms with Crippen molar-refractivity contribution in [3.63, 3.8) is 0 Å². The Bertz CT molecular complexity index is 1550. The minimum atomic E-state index is -0.584. The molecular formula is C25H16N2O6. The first-order valence-corrected chi connectivity index (χ1v) is 10.1. The van der Waals surface area contributed by atoms with Crippen LogP contribution in [0, 0.1) is 6.92 Å². The SMILES string of the molecule is CC(=O)Oc1ccc(C)cc1N1C(=O)c2ccc(-c3nc4ccccc4c(=O)o3)cc2C1=O. The lowest BCUT2D eigenvalue weighted by Gasteiger charge is -2.18. The van der Waals surface area contributed by atoms with E-state index in [0.29, 0.717) is 16.5 Å². The Morgan fingerprint density at radius 1 is 0.939 bits per heavy atom. The van der Waals surface area contributed by atoms with E-state index in [2.05, 4.69) is 4.98 Å². The van der Waals surface area contributed by atoms with Crippen molar-refractivity contribution in [2.45, 2.75) is 13.8 Å². The fourth-order valence-corrected chi connectivity index (χ4v) is 3.78. The van der Waals surface area contributed by atoms with E-state index < -0.39 is 23.4 Å². The number of ether oxygens (including phenoxy) is 1. The molecule has 0 fully saturated rings. The zero-order valence-electron chi connectivity index (χ0n) is 17.6. The Kier molecular flexibility index (Phi) is 4.63. The first kappa shape index (κ1) is 20.3. The van der Waals surface area contributed by atoms with E-state index in [1.807, 2.05) is 0 Å². The normalized spacial score (nSPS) is 12.8. The number of amides is 2. The van der Waals surface area contributed by atoms with Gasteiger partial charge < -0.3 is 9.15 Å². The van der Waals surface area contributed by atoms with Crippen LogP contribution in [-0.4, -0.2) is 22.8 Å². The van der Waals surface area contributed by atoms with Crippen molar-refractivity contribution < 1.29 is 23.5 Å². The molecule has 0 saturated carbocycles. The molecule has 2 heterocycles. The van der Waals surface area contributed by atoms with Gasteiger partial charge in [-0.2, -0.15) is 0 Å². The fourth-order valence-electron chi connectivity index (χ4n) is 3.78. The third-order valence-corrected chi connectivity index (χ3v) is 5.28. The number of aryl methyl sites for hydroxylation is 1. The van der Waals surface area contributed by atoms with E-state index in [0.717, 1.165) is 10.5 Å². The standard InChI is InChI=1S/C25H16N2O6/c1-13-7-10-21(32-14(2)28)20(11-13)27-23(29)16-9-8-15(12-18(16)24(27)30)22-26-19-6-4-3-5-17(19)25(31)33-22/h3-12H,1-2H3. The highest BCUT2D eigenvalue weighted by atomic mass is 16.5. The molecule has 1 aromatic heterocycles. The Labute approximate surface area is 187 Å². The van der Waals surface area contributed by atoms with Crippen LogP contribution in [0.2, 0.25) is 0 Å². The molecule has 5 rings (SSSR count). The summed E-state index contributed by atoms with van der Waals surface area (Å²) in [5, 5.41) is 0.345. The molecule has 0 atom stereocenters. The summed E-state index contributed by atoms with van der Waals surface area (Å²) in [5.74, 6) is -1.56. The summed E-state index contributed by atoms with van der Waals surface area (Å²) in [6.45, 7) is 3.04. The number of carbonyl (C=O) groups is 3. The monoisotopic (exact) mass is 440 g/mol. The maximum Gasteiger partial charge on any atom is 0.347 e. The van der Waals surface area contributed by atoms with Crippen molar-refractivity contribution in [2.24, 2.45) is 0 Å². The largest absolute Gasteiger partial charge is 0.424 e. The topological polar surface area (TPSA) is 107 Å². The van der Waals surface area contributed by atoms with Gasteiger partial charge in [0.25, 0.3) is 11.8 Å². The number of anilines is 1. The number of rotatable bonds is 3. The van der Waals surface area contributed by atoms with Crippen LogP contribution >= 0.6 is 0 Å². The second-order valence-electron chi connectivity index (χ2n) is 7.59. The summed E-state index contributed by atoms with van der Waals surface area (Å²) in [5.41, 5.74) is 1.55. The Hall–Kier alpha value is -4.59. The van der Waals surface area contributed by atoms with Gasteiger partial charge in [-0.15, -0.1) is 0 Å². The van der Waals surface area contributed by atoms with Crippen molar-refractivity contribution >= 4 is 34.4 Å². The van der Waals surface area contributed by atoms with Gasteiger partial charge >= 0.3 is 11.6 Å². The summed E-state index contributed by atoms with van der Waals surface area (Å²) >= 11 is 0. The molecule has 33 heavy (non-hydrogen) atoms. The average Bonchev–Trinajstić information content (AvgIpc) is 3.04. The van der Waals surface area contributed by atoms with Gasteiger partial charge in [0, 0.05) is 12.5 Å². The number of nitrogens with zero attached hydrogens (tertiary/aromatic N) is 2. The molecule has 3 aromatic carbocycles. The second-order valence-corrected chi connectivity index (χ2v) is 7.59. The summed E-state index contributed by atoms with van der Waals surface area (Å²) in [6.07, 6.45) is 0. The van der Waals surface area contributed by atoms with Crippen LogP contribution in [0.5, 0.6) is 5.75 Å². The van der Waals surface area contributed by atoms with Gasteiger partial charge in [-0.1, -0.05) is 18.2 Å². The van der Waals surface area contributed by atoms with Gasteiger partial charge in [0.2, 0.25) is 5.89 Å². The molecule has 0 saturated heterocycles. The number of imide groups is 1. The zero-order valence-corrected chi connectivity index (χ0v) is 17.6. The van der Waals surface area contributed by atoms with Crippen LogP contribution in [0.25, 0.3) is 22.4 Å². The van der Waals surface area contributed by atoms with Crippen LogP contribution in [-0.2, 0) is 4.79 Å². The van der Waals surface area contributed by atoms with Gasteiger partial charge in [-0.25, -0.2) is 14.7 Å². The molecule has 0 aliphatic carbocycles. The maximum absolute atomic E-state index is 13.3. The molecule has 2 amide bonds. The van der Waals surface area contributed by atoms with Gasteiger partial charge in [-0.3, -0.25) is 14.4 Å². The van der Waals surface area contributed by atoms with Crippen molar-refractivity contribution in [2.75, 3.05) is 4.90 Å². The van der Waals surface area contributed by atoms with Gasteiger partial charge in [0.1, 0.15) is 0 Å². The summed E-state index contributed by atoms with van der Waals surface area (Å²) < 4.78 is 10.6. The molecule has 1 aliphatic heterocycles. The molecule has 8 nitrogen and oxygen atoms in total. The lowest BCUT2D eigenvalue weighted by molar-refractivity contribution is -0.131. The highest BCUT2D eigenvalue weighted by Gasteiger charge is 2.38. The predicted octanol–water partition coefficient (Wildman–Crippen LogP) is 3.89. The lowest BCUT2D eigenvalue weighted by atomic mass is 10.1. The number of para-hydroxylation sites is 1. The van der Waals surface area contributed by atoms with Crippen LogP contribution in [0.3, 0.4) is 0 Å². The van der Waals surface area contributed by atoms with E-state index in [4.69, 9.17) is 9.15 Å². The van der Waals surface area contributed by atoms with Gasteiger partial charge in [0.15, 0.2) is 5.75 Å². The number of carbonyl (C=O) groups excluding carboxylic acids is 3. The first-order valence-electron chi connectivity index (χ1n) is 10.1. The minimum absolute atomic E-state index is 0.0383. The van der Waals surface area contributed by atoms with Crippen LogP contribution < -0.4 is 15.3 Å². The van der Waals surface area contributed by atoms with E-state index in [-0.39, 0.29) is 28.5 Å². The number of hydrogen-bond donors (Lipinski definition) is 0. The average molecular weight is 440 g/mol. The third-order valence-electron chi connectivity index (χ3n) is 5.28. The highest BCUT2D eigenvalue weighted by Crippen LogP contribution is 2.37. The number of fused-ring (bicyclic) bond motifs is 2. The zero-order chi connectivity index (χ0) is 23.3. The van der Waals surface area contributed by atoms with E-state index in [1.165, 1.54) is 25.1 Å². The summed E-state index contributed by atoms with van der Waals surface area (Å²) in [7, 11) is 0. The minimum Gasteiger partial charge on any atom is -0.424 e. The van der Waals surface area contributed by atoms with Gasteiger partial charge in [-0.05, 0) is 55.0 Å². The lowest BCUT2D eigenvalue weighted by Crippen LogP contribution is -2.30. The number of esters is 1. The molecule has 0 spiro atoms. The Morgan fingerprint density at radius 3 is 2.48 bits per heavy atom. The smallest absolute Gasteiger partial charge is 0.347 e. The number of benzene rings is 3. The van der Waals surface area contributed by atoms with Crippen molar-refractivity contribution in [1.29, 1.82) is 0 Å². The van der Waals surface area contributed by atoms with Crippen LogP contribution in [0.4, 0.5) is 5.69 Å². The summed E-state index contributed by atoms with van der Waals surface area (Å²) in [6, 6.07) is 16.1. The van der Waals surface area contributed by atoms with E-state index in [9.17, 15) is 19.2 Å². The molecule has 162 valence electrons. The predicted molar refractivity (Wildman–Crippen MR) is 119 cm³/mol. The van der Waals surface area contributed by atoms with E-state index in [1.54, 1.807) is 49.4 Å². The Balaban J connectivity index is 1.60. The molecule has 0 bridgehead atoms. The Morgan fingerprint density at radius 2 is 1.70 bits per heavy atom. The molecule has 1 aliphatic rings. The second kappa shape index (κ2) is 7.52. The molecular weight excluding hydrogens is 424 g/mol. The molecule has 4 aromatic rings. The van der Waals surface area contributed by atoms with Crippen molar-refractivity contribution in [1.82, 2.24) is 4.98 Å². The number of hydrogen-bond acceptors (Lipinski definition) is 7. The van der Waals surface area contributed by atoms with Crippen molar-refractivity contribution in [3.8, 4) is 17.2 Å². The summed E-state index contributed by atoms with van der Waals surface area (Å²) in [4.78, 5) is 55.6. The molecule has 8 heteroatoms. The quantitative estimate of drug-likeness (QED) is 0.270. The molecule has 0 unspecified atom stereocenters. The highest BCUT2D eigenvalue weighted by molar-refractivity contribution is 6.35. The van der Waals surface area contributed by atoms with Crippen molar-refractivity contribution in [3.05, 3.63) is 87.8 Å². The van der Waals surface area contributed by atoms with Crippen LogP contribution in [0.15, 0.2) is 69.9 Å². The number of aromatic nitrogens is 1. The first-order chi connectivity index (χ1) is 15.8. The fraction of sp³-hybridized carbons (Fsp3) is 0.0800. The molecule has 0 N–H and O–H groups in total. The van der Waals surface area contributed by atoms with E-state index >= 15 is 0 Å². The third kappa shape index (κ3) is 3.38. The van der Waals surface area contributed by atoms with Crippen LogP contribution in [0.1, 0.15) is 33.2 Å².